The van der Waals surface area contributed by atoms with Gasteiger partial charge in [-0.15, -0.1) is 12.4 Å². The molecule has 0 aliphatic heterocycles. The van der Waals surface area contributed by atoms with Gasteiger partial charge in [-0.25, -0.2) is 4.39 Å². The molecule has 1 rings (SSSR count). The van der Waals surface area contributed by atoms with Crippen LogP contribution in [-0.4, -0.2) is 6.54 Å². The first-order chi connectivity index (χ1) is 7.86. The van der Waals surface area contributed by atoms with E-state index in [-0.39, 0.29) is 18.0 Å². The molecule has 0 radical (unpaired) electrons. The summed E-state index contributed by atoms with van der Waals surface area (Å²) < 4.78 is 50.7. The first kappa shape index (κ1) is 17.2. The Kier molecular flexibility index (Phi) is 6.59. The molecule has 0 spiro atoms. The largest absolute Gasteiger partial charge is 0.416 e. The van der Waals surface area contributed by atoms with Gasteiger partial charge in [-0.2, -0.15) is 13.2 Å². The van der Waals surface area contributed by atoms with Crippen molar-refractivity contribution in [1.29, 1.82) is 0 Å². The fourth-order valence-electron chi connectivity index (χ4n) is 1.50. The highest BCUT2D eigenvalue weighted by atomic mass is 35.5. The van der Waals surface area contributed by atoms with Crippen LogP contribution < -0.4 is 11.5 Å². The number of rotatable bonds is 4. The summed E-state index contributed by atoms with van der Waals surface area (Å²) in [5.74, 6) is -0.720. The van der Waals surface area contributed by atoms with Crippen molar-refractivity contribution in [2.75, 3.05) is 6.54 Å². The van der Waals surface area contributed by atoms with Gasteiger partial charge < -0.3 is 11.5 Å². The highest BCUT2D eigenvalue weighted by molar-refractivity contribution is 5.85. The standard InChI is InChI=1S/C11H14F4N2.ClH/c12-9-4-3-7(11(13,14)15)6-8(9)10(17)2-1-5-16;/h3-4,6,10H,1-2,5,16-17H2;1H/t10-;/m0./s1. The van der Waals surface area contributed by atoms with Gasteiger partial charge in [0.2, 0.25) is 0 Å². The molecule has 0 bridgehead atoms. The van der Waals surface area contributed by atoms with E-state index in [1.165, 1.54) is 0 Å². The van der Waals surface area contributed by atoms with E-state index in [0.29, 0.717) is 25.5 Å². The SMILES string of the molecule is Cl.NCCC[C@H](N)c1cc(C(F)(F)F)ccc1F. The lowest BCUT2D eigenvalue weighted by Gasteiger charge is -2.15. The molecule has 0 unspecified atom stereocenters. The average Bonchev–Trinajstić information content (AvgIpc) is 2.24. The lowest BCUT2D eigenvalue weighted by Crippen LogP contribution is -2.16. The molecule has 1 atom stereocenters. The van der Waals surface area contributed by atoms with E-state index in [4.69, 9.17) is 11.5 Å². The molecule has 0 fully saturated rings. The van der Waals surface area contributed by atoms with Crippen LogP contribution in [0, 0.1) is 5.82 Å². The smallest absolute Gasteiger partial charge is 0.330 e. The Bertz CT molecular complexity index is 382. The third kappa shape index (κ3) is 4.44. The molecule has 0 saturated heterocycles. The Morgan fingerprint density at radius 3 is 2.33 bits per heavy atom. The van der Waals surface area contributed by atoms with Crippen LogP contribution in [0.15, 0.2) is 18.2 Å². The topological polar surface area (TPSA) is 52.0 Å². The lowest BCUT2D eigenvalue weighted by atomic mass is 10.00. The van der Waals surface area contributed by atoms with Crippen molar-refractivity contribution in [1.82, 2.24) is 0 Å². The maximum absolute atomic E-state index is 13.4. The molecule has 0 aliphatic carbocycles. The van der Waals surface area contributed by atoms with Crippen LogP contribution in [0.4, 0.5) is 17.6 Å². The van der Waals surface area contributed by atoms with Crippen molar-refractivity contribution < 1.29 is 17.6 Å². The Morgan fingerprint density at radius 2 is 1.83 bits per heavy atom. The molecule has 0 amide bonds. The zero-order valence-electron chi connectivity index (χ0n) is 9.51. The van der Waals surface area contributed by atoms with Crippen molar-refractivity contribution in [2.24, 2.45) is 11.5 Å². The highest BCUT2D eigenvalue weighted by Gasteiger charge is 2.31. The van der Waals surface area contributed by atoms with Gasteiger partial charge >= 0.3 is 6.18 Å². The van der Waals surface area contributed by atoms with Crippen LogP contribution in [0.2, 0.25) is 0 Å². The second-order valence-electron chi connectivity index (χ2n) is 3.77. The van der Waals surface area contributed by atoms with Crippen molar-refractivity contribution in [3.05, 3.63) is 35.1 Å². The monoisotopic (exact) mass is 286 g/mol. The zero-order chi connectivity index (χ0) is 13.1. The molecule has 4 N–H and O–H groups in total. The Labute approximate surface area is 109 Å². The zero-order valence-corrected chi connectivity index (χ0v) is 10.3. The van der Waals surface area contributed by atoms with Crippen LogP contribution in [0.5, 0.6) is 0 Å². The number of benzene rings is 1. The van der Waals surface area contributed by atoms with Crippen LogP contribution >= 0.6 is 12.4 Å². The van der Waals surface area contributed by atoms with Gasteiger partial charge in [0.05, 0.1) is 5.56 Å². The second-order valence-corrected chi connectivity index (χ2v) is 3.77. The number of halogens is 5. The molecule has 1 aromatic carbocycles. The lowest BCUT2D eigenvalue weighted by molar-refractivity contribution is -0.137. The molecule has 0 aromatic heterocycles. The molecule has 2 nitrogen and oxygen atoms in total. The van der Waals surface area contributed by atoms with Gasteiger partial charge in [-0.3, -0.25) is 0 Å². The number of hydrogen-bond donors (Lipinski definition) is 2. The number of nitrogens with two attached hydrogens (primary N) is 2. The van der Waals surface area contributed by atoms with Gasteiger partial charge in [0, 0.05) is 11.6 Å². The van der Waals surface area contributed by atoms with Crippen molar-refractivity contribution in [3.63, 3.8) is 0 Å². The summed E-state index contributed by atoms with van der Waals surface area (Å²) in [5, 5.41) is 0. The number of alkyl halides is 3. The van der Waals surface area contributed by atoms with Crippen molar-refractivity contribution in [2.45, 2.75) is 25.1 Å². The van der Waals surface area contributed by atoms with E-state index >= 15 is 0 Å². The van der Waals surface area contributed by atoms with E-state index in [9.17, 15) is 17.6 Å². The Balaban J connectivity index is 0.00000289. The summed E-state index contributed by atoms with van der Waals surface area (Å²) >= 11 is 0. The van der Waals surface area contributed by atoms with E-state index < -0.39 is 23.6 Å². The third-order valence-corrected chi connectivity index (χ3v) is 2.44. The molecule has 0 heterocycles. The van der Waals surface area contributed by atoms with E-state index in [1.54, 1.807) is 0 Å². The Hall–Kier alpha value is -0.850. The minimum atomic E-state index is -4.49. The first-order valence-corrected chi connectivity index (χ1v) is 5.18. The molecular weight excluding hydrogens is 272 g/mol. The van der Waals surface area contributed by atoms with E-state index in [0.717, 1.165) is 12.1 Å². The summed E-state index contributed by atoms with van der Waals surface area (Å²) in [4.78, 5) is 0. The average molecular weight is 287 g/mol. The van der Waals surface area contributed by atoms with Crippen molar-refractivity contribution in [3.8, 4) is 0 Å². The van der Waals surface area contributed by atoms with Crippen LogP contribution in [0.1, 0.15) is 30.0 Å². The minimum absolute atomic E-state index is 0. The minimum Gasteiger partial charge on any atom is -0.330 e. The summed E-state index contributed by atoms with van der Waals surface area (Å²) in [6, 6.07) is 1.49. The van der Waals surface area contributed by atoms with Crippen molar-refractivity contribution >= 4 is 12.4 Å². The summed E-state index contributed by atoms with van der Waals surface area (Å²) in [6.45, 7) is 0.369. The summed E-state index contributed by atoms with van der Waals surface area (Å²) in [5.41, 5.74) is 9.89. The quantitative estimate of drug-likeness (QED) is 0.836. The van der Waals surface area contributed by atoms with Gasteiger partial charge in [0.1, 0.15) is 5.82 Å². The normalized spacial score (nSPS) is 13.0. The maximum Gasteiger partial charge on any atom is 0.416 e. The van der Waals surface area contributed by atoms with E-state index in [1.807, 2.05) is 0 Å². The molecule has 18 heavy (non-hydrogen) atoms. The molecule has 1 aromatic rings. The third-order valence-electron chi connectivity index (χ3n) is 2.44. The first-order valence-electron chi connectivity index (χ1n) is 5.18. The van der Waals surface area contributed by atoms with Gasteiger partial charge in [-0.05, 0) is 37.6 Å². The van der Waals surface area contributed by atoms with E-state index in [2.05, 4.69) is 0 Å². The van der Waals surface area contributed by atoms with Crippen LogP contribution in [-0.2, 0) is 6.18 Å². The molecule has 0 saturated carbocycles. The van der Waals surface area contributed by atoms with Gasteiger partial charge in [0.15, 0.2) is 0 Å². The van der Waals surface area contributed by atoms with Crippen LogP contribution in [0.25, 0.3) is 0 Å². The second kappa shape index (κ2) is 6.92. The highest BCUT2D eigenvalue weighted by Crippen LogP contribution is 2.32. The fourth-order valence-corrected chi connectivity index (χ4v) is 1.50. The molecule has 0 aliphatic rings. The predicted molar refractivity (Wildman–Crippen MR) is 63.9 cm³/mol. The maximum atomic E-state index is 13.4. The Morgan fingerprint density at radius 1 is 1.22 bits per heavy atom. The summed E-state index contributed by atoms with van der Waals surface area (Å²) in [7, 11) is 0. The van der Waals surface area contributed by atoms with Gasteiger partial charge in [0.25, 0.3) is 0 Å². The fraction of sp³-hybridized carbons (Fsp3) is 0.455. The summed E-state index contributed by atoms with van der Waals surface area (Å²) in [6.07, 6.45) is -3.60. The van der Waals surface area contributed by atoms with Gasteiger partial charge in [-0.1, -0.05) is 0 Å². The number of hydrogen-bond acceptors (Lipinski definition) is 2. The predicted octanol–water partition coefficient (Wildman–Crippen LogP) is 3.01. The molecule has 104 valence electrons. The molecule has 7 heteroatoms. The molecular formula is C11H15ClF4N2. The van der Waals surface area contributed by atoms with Crippen LogP contribution in [0.3, 0.4) is 0 Å².